The van der Waals surface area contributed by atoms with Crippen LogP contribution >= 0.6 is 0 Å². The van der Waals surface area contributed by atoms with Crippen molar-refractivity contribution in [1.29, 1.82) is 0 Å². The molecule has 0 radical (unpaired) electrons. The first-order valence-electron chi connectivity index (χ1n) is 4.54. The van der Waals surface area contributed by atoms with E-state index in [2.05, 4.69) is 26.0 Å². The highest BCUT2D eigenvalue weighted by atomic mass is 16.5. The van der Waals surface area contributed by atoms with Crippen molar-refractivity contribution >= 4 is 0 Å². The predicted molar refractivity (Wildman–Crippen MR) is 56.1 cm³/mol. The highest BCUT2D eigenvalue weighted by Gasteiger charge is 1.96. The first kappa shape index (κ1) is 9.85. The zero-order valence-electron chi connectivity index (χ0n) is 8.50. The van der Waals surface area contributed by atoms with Crippen LogP contribution in [0.15, 0.2) is 35.9 Å². The molecule has 0 atom stereocenters. The zero-order valence-corrected chi connectivity index (χ0v) is 8.50. The van der Waals surface area contributed by atoms with Crippen LogP contribution in [0.4, 0.5) is 0 Å². The van der Waals surface area contributed by atoms with Crippen LogP contribution in [0.25, 0.3) is 0 Å². The van der Waals surface area contributed by atoms with Crippen molar-refractivity contribution in [1.82, 2.24) is 0 Å². The summed E-state index contributed by atoms with van der Waals surface area (Å²) in [5, 5.41) is 0. The lowest BCUT2D eigenvalue weighted by Crippen LogP contribution is -1.99. The first-order valence-corrected chi connectivity index (χ1v) is 4.54. The van der Waals surface area contributed by atoms with Gasteiger partial charge in [-0.05, 0) is 38.0 Å². The van der Waals surface area contributed by atoms with Gasteiger partial charge in [-0.1, -0.05) is 24.3 Å². The molecule has 0 spiro atoms. The van der Waals surface area contributed by atoms with Crippen molar-refractivity contribution in [2.24, 2.45) is 0 Å². The van der Waals surface area contributed by atoms with Crippen molar-refractivity contribution in [2.75, 3.05) is 6.61 Å². The normalized spacial score (nSPS) is 11.5. The van der Waals surface area contributed by atoms with E-state index in [1.54, 1.807) is 0 Å². The Morgan fingerprint density at radius 1 is 1.38 bits per heavy atom. The number of benzene rings is 1. The Kier molecular flexibility index (Phi) is 3.56. The lowest BCUT2D eigenvalue weighted by atomic mass is 10.2. The van der Waals surface area contributed by atoms with E-state index in [1.165, 1.54) is 11.1 Å². The lowest BCUT2D eigenvalue weighted by molar-refractivity contribution is 0.349. The molecule has 1 rings (SSSR count). The van der Waals surface area contributed by atoms with E-state index < -0.39 is 0 Å². The summed E-state index contributed by atoms with van der Waals surface area (Å²) in [7, 11) is 0. The topological polar surface area (TPSA) is 9.23 Å². The van der Waals surface area contributed by atoms with Crippen LogP contribution < -0.4 is 4.74 Å². The van der Waals surface area contributed by atoms with Crippen molar-refractivity contribution < 1.29 is 4.74 Å². The largest absolute Gasteiger partial charge is 0.489 e. The summed E-state index contributed by atoms with van der Waals surface area (Å²) >= 11 is 0. The van der Waals surface area contributed by atoms with Crippen LogP contribution in [0.5, 0.6) is 5.75 Å². The maximum absolute atomic E-state index is 5.62. The summed E-state index contributed by atoms with van der Waals surface area (Å²) in [6.07, 6.45) is 2.07. The van der Waals surface area contributed by atoms with Gasteiger partial charge >= 0.3 is 0 Å². The second-order valence-electron chi connectivity index (χ2n) is 3.19. The van der Waals surface area contributed by atoms with Crippen LogP contribution in [0, 0.1) is 6.92 Å². The molecule has 1 aromatic rings. The van der Waals surface area contributed by atoms with Gasteiger partial charge in [0.15, 0.2) is 0 Å². The summed E-state index contributed by atoms with van der Waals surface area (Å²) in [6.45, 7) is 6.83. The summed E-state index contributed by atoms with van der Waals surface area (Å²) in [6, 6.07) is 8.07. The molecule has 0 saturated carbocycles. The SMILES string of the molecule is C/C=C(\C)COc1ccccc1C. The van der Waals surface area contributed by atoms with Gasteiger partial charge in [0.25, 0.3) is 0 Å². The molecule has 1 nitrogen and oxygen atoms in total. The van der Waals surface area contributed by atoms with Crippen LogP contribution in [-0.2, 0) is 0 Å². The Hall–Kier alpha value is -1.24. The maximum atomic E-state index is 5.62. The van der Waals surface area contributed by atoms with Crippen molar-refractivity contribution in [3.05, 3.63) is 41.5 Å². The minimum atomic E-state index is 0.682. The fraction of sp³-hybridized carbons (Fsp3) is 0.333. The van der Waals surface area contributed by atoms with E-state index >= 15 is 0 Å². The van der Waals surface area contributed by atoms with E-state index in [-0.39, 0.29) is 0 Å². The van der Waals surface area contributed by atoms with E-state index in [9.17, 15) is 0 Å². The fourth-order valence-electron chi connectivity index (χ4n) is 0.993. The molecule has 0 bridgehead atoms. The van der Waals surface area contributed by atoms with Gasteiger partial charge in [0, 0.05) is 0 Å². The second kappa shape index (κ2) is 4.70. The quantitative estimate of drug-likeness (QED) is 0.642. The monoisotopic (exact) mass is 176 g/mol. The van der Waals surface area contributed by atoms with Gasteiger partial charge < -0.3 is 4.74 Å². The number of aryl methyl sites for hydroxylation is 1. The van der Waals surface area contributed by atoms with E-state index in [1.807, 2.05) is 25.1 Å². The highest BCUT2D eigenvalue weighted by molar-refractivity contribution is 5.32. The smallest absolute Gasteiger partial charge is 0.122 e. The Morgan fingerprint density at radius 3 is 2.69 bits per heavy atom. The highest BCUT2D eigenvalue weighted by Crippen LogP contribution is 2.16. The van der Waals surface area contributed by atoms with Gasteiger partial charge in [0.05, 0.1) is 0 Å². The molecule has 0 unspecified atom stereocenters. The minimum Gasteiger partial charge on any atom is -0.489 e. The Morgan fingerprint density at radius 2 is 2.08 bits per heavy atom. The van der Waals surface area contributed by atoms with E-state index in [4.69, 9.17) is 4.74 Å². The molecule has 1 heteroatoms. The summed E-state index contributed by atoms with van der Waals surface area (Å²) in [5.74, 6) is 0.976. The molecule has 0 heterocycles. The third-order valence-corrected chi connectivity index (χ3v) is 2.04. The molecule has 70 valence electrons. The molecule has 0 N–H and O–H groups in total. The van der Waals surface area contributed by atoms with Crippen LogP contribution in [-0.4, -0.2) is 6.61 Å². The van der Waals surface area contributed by atoms with Crippen molar-refractivity contribution in [3.8, 4) is 5.75 Å². The van der Waals surface area contributed by atoms with Gasteiger partial charge in [-0.15, -0.1) is 0 Å². The van der Waals surface area contributed by atoms with Crippen molar-refractivity contribution in [3.63, 3.8) is 0 Å². The number of para-hydroxylation sites is 1. The zero-order chi connectivity index (χ0) is 9.68. The predicted octanol–water partition coefficient (Wildman–Crippen LogP) is 3.34. The number of ether oxygens (including phenoxy) is 1. The molecule has 0 aromatic heterocycles. The van der Waals surface area contributed by atoms with Crippen LogP contribution in [0.2, 0.25) is 0 Å². The molecule has 1 aromatic carbocycles. The van der Waals surface area contributed by atoms with Crippen LogP contribution in [0.1, 0.15) is 19.4 Å². The first-order chi connectivity index (χ1) is 6.24. The Labute approximate surface area is 80.0 Å². The van der Waals surface area contributed by atoms with Gasteiger partial charge in [-0.2, -0.15) is 0 Å². The third kappa shape index (κ3) is 2.94. The molecule has 0 aliphatic rings. The van der Waals surface area contributed by atoms with E-state index in [0.717, 1.165) is 5.75 Å². The van der Waals surface area contributed by atoms with E-state index in [0.29, 0.717) is 6.61 Å². The van der Waals surface area contributed by atoms with Gasteiger partial charge in [0.2, 0.25) is 0 Å². The third-order valence-electron chi connectivity index (χ3n) is 2.04. The molecule has 0 aliphatic carbocycles. The number of allylic oxidation sites excluding steroid dienone is 1. The average molecular weight is 176 g/mol. The Balaban J connectivity index is 2.60. The standard InChI is InChI=1S/C12H16O/c1-4-10(2)9-13-12-8-6-5-7-11(12)3/h4-8H,9H2,1-3H3/b10-4+. The fourth-order valence-corrected chi connectivity index (χ4v) is 0.993. The molecule has 0 saturated heterocycles. The number of rotatable bonds is 3. The van der Waals surface area contributed by atoms with Crippen molar-refractivity contribution in [2.45, 2.75) is 20.8 Å². The van der Waals surface area contributed by atoms with Gasteiger partial charge in [0.1, 0.15) is 12.4 Å². The second-order valence-corrected chi connectivity index (χ2v) is 3.19. The maximum Gasteiger partial charge on any atom is 0.122 e. The minimum absolute atomic E-state index is 0.682. The molecule has 0 amide bonds. The molecular weight excluding hydrogens is 160 g/mol. The summed E-state index contributed by atoms with van der Waals surface area (Å²) < 4.78 is 5.62. The number of hydrogen-bond acceptors (Lipinski definition) is 1. The number of hydrogen-bond donors (Lipinski definition) is 0. The Bertz CT molecular complexity index is 300. The molecule has 13 heavy (non-hydrogen) atoms. The van der Waals surface area contributed by atoms with Crippen LogP contribution in [0.3, 0.4) is 0 Å². The van der Waals surface area contributed by atoms with Gasteiger partial charge in [-0.3, -0.25) is 0 Å². The lowest BCUT2D eigenvalue weighted by Gasteiger charge is -2.08. The van der Waals surface area contributed by atoms with Gasteiger partial charge in [-0.25, -0.2) is 0 Å². The molecule has 0 fully saturated rings. The summed E-state index contributed by atoms with van der Waals surface area (Å²) in [5.41, 5.74) is 2.44. The molecule has 0 aliphatic heterocycles. The molecular formula is C12H16O. The average Bonchev–Trinajstić information content (AvgIpc) is 2.16. The summed E-state index contributed by atoms with van der Waals surface area (Å²) in [4.78, 5) is 0.